The molecule has 1 fully saturated rings. The van der Waals surface area contributed by atoms with E-state index in [2.05, 4.69) is 73.4 Å². The largest absolute Gasteiger partial charge is 0.413 e. The Morgan fingerprint density at radius 3 is 2.35 bits per heavy atom. The standard InChI is InChI=1S/C29H48O4Si/c1-10-14-24(30)19-26-20-25(31-28(32-26)23-15-12-11-13-16-23)18-17-22(4)27(21(2)3)33-34(8,9)29(5,6)7/h10-13,15-18,21-22,24-28,30H,1,14,19-20H2,2-9H3/b18-17+/t22-,24-,25-,26+,27-,28-/m0/s1. The van der Waals surface area contributed by atoms with E-state index >= 15 is 0 Å². The summed E-state index contributed by atoms with van der Waals surface area (Å²) in [5.41, 5.74) is 0.998. The molecule has 0 bridgehead atoms. The fraction of sp³-hybridized carbons (Fsp3) is 0.655. The zero-order valence-electron chi connectivity index (χ0n) is 22.7. The van der Waals surface area contributed by atoms with Crippen molar-refractivity contribution in [3.8, 4) is 0 Å². The van der Waals surface area contributed by atoms with Crippen molar-refractivity contribution in [1.29, 1.82) is 0 Å². The Bertz CT molecular complexity index is 768. The van der Waals surface area contributed by atoms with Crippen molar-refractivity contribution in [2.24, 2.45) is 11.8 Å². The van der Waals surface area contributed by atoms with Crippen molar-refractivity contribution in [1.82, 2.24) is 0 Å². The zero-order valence-corrected chi connectivity index (χ0v) is 23.7. The molecule has 0 aromatic heterocycles. The average Bonchev–Trinajstić information content (AvgIpc) is 2.75. The van der Waals surface area contributed by atoms with Gasteiger partial charge in [0.25, 0.3) is 0 Å². The Labute approximate surface area is 209 Å². The molecule has 1 saturated heterocycles. The topological polar surface area (TPSA) is 47.9 Å². The average molecular weight is 489 g/mol. The molecule has 4 nitrogen and oxygen atoms in total. The second-order valence-corrected chi connectivity index (χ2v) is 16.4. The Hall–Kier alpha value is -1.24. The van der Waals surface area contributed by atoms with E-state index in [-0.39, 0.29) is 29.3 Å². The molecule has 1 aromatic rings. The van der Waals surface area contributed by atoms with Crippen LogP contribution < -0.4 is 0 Å². The minimum absolute atomic E-state index is 0.0803. The molecular weight excluding hydrogens is 440 g/mol. The van der Waals surface area contributed by atoms with E-state index in [9.17, 15) is 5.11 Å². The lowest BCUT2D eigenvalue weighted by atomic mass is 9.93. The summed E-state index contributed by atoms with van der Waals surface area (Å²) in [5, 5.41) is 10.5. The Kier molecular flexibility index (Phi) is 10.8. The molecule has 1 N–H and O–H groups in total. The van der Waals surface area contributed by atoms with E-state index in [1.807, 2.05) is 30.3 Å². The van der Waals surface area contributed by atoms with Gasteiger partial charge in [-0.2, -0.15) is 0 Å². The maximum absolute atomic E-state index is 10.3. The molecule has 0 spiro atoms. The summed E-state index contributed by atoms with van der Waals surface area (Å²) in [4.78, 5) is 0. The van der Waals surface area contributed by atoms with E-state index < -0.39 is 20.7 Å². The van der Waals surface area contributed by atoms with Gasteiger partial charge in [0.15, 0.2) is 14.6 Å². The number of hydrogen-bond donors (Lipinski definition) is 1. The van der Waals surface area contributed by atoms with Crippen LogP contribution in [0.5, 0.6) is 0 Å². The summed E-state index contributed by atoms with van der Waals surface area (Å²) in [6.45, 7) is 22.0. The minimum atomic E-state index is -1.88. The first-order valence-electron chi connectivity index (χ1n) is 12.8. The predicted molar refractivity (Wildman–Crippen MR) is 144 cm³/mol. The Balaban J connectivity index is 2.16. The van der Waals surface area contributed by atoms with E-state index in [0.29, 0.717) is 18.8 Å². The highest BCUT2D eigenvalue weighted by molar-refractivity contribution is 6.74. The first-order valence-corrected chi connectivity index (χ1v) is 15.8. The summed E-state index contributed by atoms with van der Waals surface area (Å²) in [7, 11) is -1.88. The Morgan fingerprint density at radius 1 is 1.15 bits per heavy atom. The van der Waals surface area contributed by atoms with Crippen molar-refractivity contribution < 1.29 is 19.0 Å². The fourth-order valence-electron chi connectivity index (χ4n) is 4.15. The molecule has 1 heterocycles. The van der Waals surface area contributed by atoms with Gasteiger partial charge in [0, 0.05) is 18.4 Å². The van der Waals surface area contributed by atoms with Crippen molar-refractivity contribution in [2.75, 3.05) is 0 Å². The number of benzene rings is 1. The molecule has 0 saturated carbocycles. The maximum Gasteiger partial charge on any atom is 0.192 e. The molecule has 5 heteroatoms. The summed E-state index contributed by atoms with van der Waals surface area (Å²) >= 11 is 0. The number of aliphatic hydroxyl groups is 1. The molecule has 2 rings (SSSR count). The van der Waals surface area contributed by atoms with Crippen LogP contribution in [0.4, 0.5) is 0 Å². The van der Waals surface area contributed by atoms with Crippen LogP contribution in [-0.2, 0) is 13.9 Å². The summed E-state index contributed by atoms with van der Waals surface area (Å²) < 4.78 is 19.4. The third kappa shape index (κ3) is 8.45. The van der Waals surface area contributed by atoms with Crippen LogP contribution in [0.3, 0.4) is 0 Å². The van der Waals surface area contributed by atoms with Crippen LogP contribution in [0.1, 0.15) is 72.7 Å². The summed E-state index contributed by atoms with van der Waals surface area (Å²) in [6.07, 6.45) is 7.15. The summed E-state index contributed by atoms with van der Waals surface area (Å²) in [6, 6.07) is 10.0. The molecule has 1 aromatic carbocycles. The lowest BCUT2D eigenvalue weighted by molar-refractivity contribution is -0.241. The molecule has 0 amide bonds. The maximum atomic E-state index is 10.3. The lowest BCUT2D eigenvalue weighted by Gasteiger charge is -2.42. The molecule has 192 valence electrons. The molecule has 0 radical (unpaired) electrons. The van der Waals surface area contributed by atoms with Crippen LogP contribution in [0.15, 0.2) is 55.1 Å². The van der Waals surface area contributed by atoms with E-state index in [4.69, 9.17) is 13.9 Å². The van der Waals surface area contributed by atoms with Crippen molar-refractivity contribution in [2.45, 2.75) is 110 Å². The van der Waals surface area contributed by atoms with Crippen molar-refractivity contribution >= 4 is 8.32 Å². The van der Waals surface area contributed by atoms with Crippen molar-refractivity contribution in [3.63, 3.8) is 0 Å². The molecule has 1 aliphatic heterocycles. The molecule has 1 aliphatic rings. The van der Waals surface area contributed by atoms with E-state index in [1.54, 1.807) is 6.08 Å². The third-order valence-electron chi connectivity index (χ3n) is 7.20. The number of hydrogen-bond acceptors (Lipinski definition) is 4. The first-order chi connectivity index (χ1) is 15.8. The monoisotopic (exact) mass is 488 g/mol. The van der Waals surface area contributed by atoms with E-state index in [0.717, 1.165) is 12.0 Å². The van der Waals surface area contributed by atoms with Gasteiger partial charge >= 0.3 is 0 Å². The van der Waals surface area contributed by atoms with Crippen LogP contribution in [-0.4, -0.2) is 37.8 Å². The van der Waals surface area contributed by atoms with Crippen LogP contribution in [0.2, 0.25) is 18.1 Å². The molecule has 34 heavy (non-hydrogen) atoms. The molecular formula is C29H48O4Si. The molecule has 0 unspecified atom stereocenters. The van der Waals surface area contributed by atoms with Gasteiger partial charge in [-0.1, -0.05) is 90.1 Å². The first kappa shape index (κ1) is 29.0. The number of rotatable bonds is 11. The highest BCUT2D eigenvalue weighted by Crippen LogP contribution is 2.39. The zero-order chi connectivity index (χ0) is 25.5. The smallest absolute Gasteiger partial charge is 0.192 e. The third-order valence-corrected chi connectivity index (χ3v) is 11.7. The normalized spacial score (nSPS) is 24.8. The highest BCUT2D eigenvalue weighted by Gasteiger charge is 2.40. The highest BCUT2D eigenvalue weighted by atomic mass is 28.4. The van der Waals surface area contributed by atoms with Crippen LogP contribution >= 0.6 is 0 Å². The van der Waals surface area contributed by atoms with Gasteiger partial charge in [0.2, 0.25) is 0 Å². The van der Waals surface area contributed by atoms with E-state index in [1.165, 1.54) is 0 Å². The Morgan fingerprint density at radius 2 is 1.79 bits per heavy atom. The van der Waals surface area contributed by atoms with Crippen LogP contribution in [0.25, 0.3) is 0 Å². The van der Waals surface area contributed by atoms with Crippen LogP contribution in [0, 0.1) is 11.8 Å². The molecule has 0 aliphatic carbocycles. The fourth-order valence-corrected chi connectivity index (χ4v) is 5.67. The second kappa shape index (κ2) is 12.6. The van der Waals surface area contributed by atoms with Gasteiger partial charge in [-0.15, -0.1) is 6.58 Å². The minimum Gasteiger partial charge on any atom is -0.413 e. The lowest BCUT2D eigenvalue weighted by Crippen LogP contribution is -2.46. The van der Waals surface area contributed by atoms with Gasteiger partial charge in [0.1, 0.15) is 0 Å². The summed E-state index contributed by atoms with van der Waals surface area (Å²) in [5.74, 6) is 0.684. The number of aliphatic hydroxyl groups excluding tert-OH is 1. The van der Waals surface area contributed by atoms with Crippen molar-refractivity contribution in [3.05, 3.63) is 60.7 Å². The van der Waals surface area contributed by atoms with Gasteiger partial charge < -0.3 is 19.0 Å². The molecule has 6 atom stereocenters. The second-order valence-electron chi connectivity index (χ2n) is 11.7. The van der Waals surface area contributed by atoms with Gasteiger partial charge in [-0.05, 0) is 36.4 Å². The van der Waals surface area contributed by atoms with Gasteiger partial charge in [-0.3, -0.25) is 0 Å². The SMILES string of the molecule is C=CC[C@H](O)C[C@@H]1C[C@H](/C=C/[C@H](C)[C@@H](O[Si](C)(C)C(C)(C)C)C(C)C)O[C@H](c2ccccc2)O1. The number of ether oxygens (including phenoxy) is 2. The van der Waals surface area contributed by atoms with Gasteiger partial charge in [-0.25, -0.2) is 0 Å². The van der Waals surface area contributed by atoms with Gasteiger partial charge in [0.05, 0.1) is 24.4 Å². The quantitative estimate of drug-likeness (QED) is 0.260. The predicted octanol–water partition coefficient (Wildman–Crippen LogP) is 7.43.